The molecule has 2 aromatic carbocycles. The molecule has 37 heavy (non-hydrogen) atoms. The van der Waals surface area contributed by atoms with Gasteiger partial charge in [0.25, 0.3) is 5.91 Å². The van der Waals surface area contributed by atoms with E-state index in [9.17, 15) is 9.59 Å². The third-order valence-electron chi connectivity index (χ3n) is 5.55. The topological polar surface area (TPSA) is 96.9 Å². The van der Waals surface area contributed by atoms with Gasteiger partial charge >= 0.3 is 6.03 Å². The number of rotatable bonds is 9. The molecule has 0 atom stereocenters. The highest BCUT2D eigenvalue weighted by Gasteiger charge is 2.14. The van der Waals surface area contributed by atoms with Crippen molar-refractivity contribution in [2.75, 3.05) is 44.8 Å². The molecule has 0 spiro atoms. The molecule has 3 amide bonds. The number of carbonyl (C=O) groups is 2. The molecule has 0 aliphatic carbocycles. The standard InChI is InChI=1S/C27H29N5O4S/c1-5-35-17-36-21-11-13-22-24(15-21)37-26(29-22)30-25(33)23-12-8-19(16-28-23)14-18-6-9-20(10-7-18)32(4)27(34)31(2)3/h6-13,15-16H,5,14,17H2,1-4H3,(H,29,30,33). The first-order chi connectivity index (χ1) is 17.8. The zero-order valence-electron chi connectivity index (χ0n) is 21.2. The van der Waals surface area contributed by atoms with E-state index in [0.29, 0.717) is 29.6 Å². The molecule has 2 heterocycles. The van der Waals surface area contributed by atoms with E-state index in [4.69, 9.17) is 9.47 Å². The summed E-state index contributed by atoms with van der Waals surface area (Å²) in [6, 6.07) is 16.8. The molecule has 0 unspecified atom stereocenters. The van der Waals surface area contributed by atoms with Crippen molar-refractivity contribution in [2.45, 2.75) is 13.3 Å². The van der Waals surface area contributed by atoms with Gasteiger partial charge in [-0.25, -0.2) is 9.78 Å². The number of nitrogens with zero attached hydrogens (tertiary/aromatic N) is 4. The molecule has 192 valence electrons. The average molecular weight is 520 g/mol. The van der Waals surface area contributed by atoms with E-state index in [1.54, 1.807) is 38.3 Å². The lowest BCUT2D eigenvalue weighted by atomic mass is 10.1. The SMILES string of the molecule is CCOCOc1ccc2nc(NC(=O)c3ccc(Cc4ccc(N(C)C(=O)N(C)C)cc4)cn3)sc2c1. The van der Waals surface area contributed by atoms with Crippen LogP contribution in [0, 0.1) is 0 Å². The summed E-state index contributed by atoms with van der Waals surface area (Å²) < 4.78 is 11.7. The number of thiazole rings is 1. The quantitative estimate of drug-likeness (QED) is 0.246. The first kappa shape index (κ1) is 26.1. The minimum absolute atomic E-state index is 0.0899. The smallest absolute Gasteiger partial charge is 0.323 e. The number of benzene rings is 2. The molecule has 0 saturated carbocycles. The molecular formula is C27H29N5O4S. The maximum Gasteiger partial charge on any atom is 0.323 e. The largest absolute Gasteiger partial charge is 0.468 e. The second-order valence-electron chi connectivity index (χ2n) is 8.49. The van der Waals surface area contributed by atoms with Crippen LogP contribution in [0.25, 0.3) is 10.2 Å². The van der Waals surface area contributed by atoms with Gasteiger partial charge < -0.3 is 14.4 Å². The zero-order valence-corrected chi connectivity index (χ0v) is 22.0. The number of aromatic nitrogens is 2. The fourth-order valence-corrected chi connectivity index (χ4v) is 4.44. The maximum atomic E-state index is 12.7. The van der Waals surface area contributed by atoms with Gasteiger partial charge in [-0.2, -0.15) is 0 Å². The van der Waals surface area contributed by atoms with Gasteiger partial charge in [-0.3, -0.25) is 20.0 Å². The van der Waals surface area contributed by atoms with Gasteiger partial charge in [0.15, 0.2) is 11.9 Å². The third kappa shape index (κ3) is 6.60. The van der Waals surface area contributed by atoms with Crippen molar-refractivity contribution in [1.82, 2.24) is 14.9 Å². The lowest BCUT2D eigenvalue weighted by Crippen LogP contribution is -2.36. The summed E-state index contributed by atoms with van der Waals surface area (Å²) in [7, 11) is 5.19. The highest BCUT2D eigenvalue weighted by Crippen LogP contribution is 2.29. The van der Waals surface area contributed by atoms with E-state index in [0.717, 1.165) is 27.0 Å². The van der Waals surface area contributed by atoms with Crippen LogP contribution in [0.5, 0.6) is 5.75 Å². The summed E-state index contributed by atoms with van der Waals surface area (Å²) in [6.07, 6.45) is 2.36. The molecule has 4 aromatic rings. The number of hydrogen-bond acceptors (Lipinski definition) is 7. The average Bonchev–Trinajstić information content (AvgIpc) is 3.30. The summed E-state index contributed by atoms with van der Waals surface area (Å²) in [5, 5.41) is 3.32. The summed E-state index contributed by atoms with van der Waals surface area (Å²) in [5.74, 6) is 0.361. The number of amides is 3. The summed E-state index contributed by atoms with van der Waals surface area (Å²) in [6.45, 7) is 2.68. The fourth-order valence-electron chi connectivity index (χ4n) is 3.55. The highest BCUT2D eigenvalue weighted by atomic mass is 32.1. The van der Waals surface area contributed by atoms with Crippen LogP contribution in [-0.2, 0) is 11.2 Å². The first-order valence-corrected chi connectivity index (χ1v) is 12.6. The van der Waals surface area contributed by atoms with E-state index >= 15 is 0 Å². The minimum Gasteiger partial charge on any atom is -0.468 e. The lowest BCUT2D eigenvalue weighted by Gasteiger charge is -2.22. The third-order valence-corrected chi connectivity index (χ3v) is 6.49. The van der Waals surface area contributed by atoms with Crippen LogP contribution < -0.4 is 15.0 Å². The molecule has 2 aromatic heterocycles. The Morgan fingerprint density at radius 1 is 1.00 bits per heavy atom. The Morgan fingerprint density at radius 3 is 2.43 bits per heavy atom. The molecule has 4 rings (SSSR count). The summed E-state index contributed by atoms with van der Waals surface area (Å²) in [5.41, 5.74) is 3.95. The molecule has 0 saturated heterocycles. The van der Waals surface area contributed by atoms with Gasteiger partial charge in [-0.15, -0.1) is 0 Å². The van der Waals surface area contributed by atoms with Crippen molar-refractivity contribution in [3.05, 3.63) is 77.6 Å². The Balaban J connectivity index is 1.36. The van der Waals surface area contributed by atoms with Gasteiger partial charge in [0.2, 0.25) is 0 Å². The molecule has 0 aliphatic heterocycles. The van der Waals surface area contributed by atoms with Crippen molar-refractivity contribution < 1.29 is 19.1 Å². The van der Waals surface area contributed by atoms with Crippen LogP contribution in [0.3, 0.4) is 0 Å². The first-order valence-electron chi connectivity index (χ1n) is 11.8. The second-order valence-corrected chi connectivity index (χ2v) is 9.52. The van der Waals surface area contributed by atoms with Gasteiger partial charge in [0.05, 0.1) is 10.2 Å². The van der Waals surface area contributed by atoms with Crippen LogP contribution in [0.15, 0.2) is 60.8 Å². The number of urea groups is 1. The molecule has 9 nitrogen and oxygen atoms in total. The summed E-state index contributed by atoms with van der Waals surface area (Å²) in [4.78, 5) is 36.8. The number of hydrogen-bond donors (Lipinski definition) is 1. The predicted octanol–water partition coefficient (Wildman–Crippen LogP) is 5.03. The Morgan fingerprint density at radius 2 is 1.76 bits per heavy atom. The predicted molar refractivity (Wildman–Crippen MR) is 146 cm³/mol. The molecule has 1 N–H and O–H groups in total. The maximum absolute atomic E-state index is 12.7. The number of carbonyl (C=O) groups excluding carboxylic acids is 2. The second kappa shape index (κ2) is 11.8. The van der Waals surface area contributed by atoms with Crippen LogP contribution in [0.4, 0.5) is 15.6 Å². The van der Waals surface area contributed by atoms with E-state index < -0.39 is 0 Å². The Labute approximate surface area is 219 Å². The van der Waals surface area contributed by atoms with Crippen molar-refractivity contribution in [3.63, 3.8) is 0 Å². The normalized spacial score (nSPS) is 10.8. The summed E-state index contributed by atoms with van der Waals surface area (Å²) >= 11 is 1.37. The molecule has 0 radical (unpaired) electrons. The zero-order chi connectivity index (χ0) is 26.4. The van der Waals surface area contributed by atoms with Gasteiger partial charge in [0, 0.05) is 39.6 Å². The van der Waals surface area contributed by atoms with Crippen molar-refractivity contribution in [1.29, 1.82) is 0 Å². The van der Waals surface area contributed by atoms with E-state index in [1.807, 2.05) is 55.5 Å². The van der Waals surface area contributed by atoms with Crippen LogP contribution in [0.1, 0.15) is 28.5 Å². The fraction of sp³-hybridized carbons (Fsp3) is 0.259. The van der Waals surface area contributed by atoms with Crippen LogP contribution in [0.2, 0.25) is 0 Å². The molecule has 0 bridgehead atoms. The molecule has 0 fully saturated rings. The van der Waals surface area contributed by atoms with Gasteiger partial charge in [-0.05, 0) is 60.9 Å². The number of ether oxygens (including phenoxy) is 2. The number of nitrogens with one attached hydrogen (secondary N) is 1. The Hall–Kier alpha value is -4.02. The van der Waals surface area contributed by atoms with E-state index in [1.165, 1.54) is 16.2 Å². The number of pyridine rings is 1. The van der Waals surface area contributed by atoms with Crippen LogP contribution >= 0.6 is 11.3 Å². The van der Waals surface area contributed by atoms with E-state index in [2.05, 4.69) is 15.3 Å². The number of fused-ring (bicyclic) bond motifs is 1. The Bertz CT molecular complexity index is 1370. The monoisotopic (exact) mass is 519 g/mol. The van der Waals surface area contributed by atoms with E-state index in [-0.39, 0.29) is 18.7 Å². The lowest BCUT2D eigenvalue weighted by molar-refractivity contribution is 0.0225. The highest BCUT2D eigenvalue weighted by molar-refractivity contribution is 7.22. The minimum atomic E-state index is -0.323. The molecule has 10 heteroatoms. The van der Waals surface area contributed by atoms with Crippen molar-refractivity contribution in [2.24, 2.45) is 0 Å². The van der Waals surface area contributed by atoms with Crippen molar-refractivity contribution in [3.8, 4) is 5.75 Å². The van der Waals surface area contributed by atoms with Gasteiger partial charge in [0.1, 0.15) is 11.4 Å². The van der Waals surface area contributed by atoms with Gasteiger partial charge in [-0.1, -0.05) is 29.5 Å². The van der Waals surface area contributed by atoms with Crippen molar-refractivity contribution >= 4 is 44.3 Å². The molecular weight excluding hydrogens is 490 g/mol. The number of anilines is 2. The molecule has 0 aliphatic rings. The van der Waals surface area contributed by atoms with Crippen LogP contribution in [-0.4, -0.2) is 61.3 Å². The Kier molecular flexibility index (Phi) is 8.32.